The molecule has 1 aliphatic heterocycles. The molecule has 1 fully saturated rings. The second-order valence-electron chi connectivity index (χ2n) is 5.33. The molecule has 0 spiro atoms. The lowest BCUT2D eigenvalue weighted by molar-refractivity contribution is -0.137. The van der Waals surface area contributed by atoms with Crippen molar-refractivity contribution in [1.82, 2.24) is 4.90 Å². The van der Waals surface area contributed by atoms with E-state index in [1.165, 1.54) is 5.56 Å². The van der Waals surface area contributed by atoms with Crippen molar-refractivity contribution in [2.45, 2.75) is 38.4 Å². The Morgan fingerprint density at radius 3 is 2.60 bits per heavy atom. The first-order valence-electron chi connectivity index (χ1n) is 7.34. The topological polar surface area (TPSA) is 49.8 Å². The zero-order valence-electron chi connectivity index (χ0n) is 11.8. The van der Waals surface area contributed by atoms with Crippen LogP contribution in [0.4, 0.5) is 0 Å². The molecule has 20 heavy (non-hydrogen) atoms. The summed E-state index contributed by atoms with van der Waals surface area (Å²) in [4.78, 5) is 12.8. The van der Waals surface area contributed by atoms with Crippen molar-refractivity contribution in [3.63, 3.8) is 0 Å². The molecule has 0 unspecified atom stereocenters. The normalized spacial score (nSPS) is 17.2. The molecule has 0 aromatic heterocycles. The third-order valence-corrected chi connectivity index (χ3v) is 3.73. The molecule has 1 aromatic carbocycles. The van der Waals surface area contributed by atoms with Crippen LogP contribution in [-0.2, 0) is 16.1 Å². The van der Waals surface area contributed by atoms with Gasteiger partial charge in [-0.15, -0.1) is 0 Å². The maximum atomic E-state index is 10.5. The van der Waals surface area contributed by atoms with Gasteiger partial charge in [0.2, 0.25) is 0 Å². The monoisotopic (exact) mass is 277 g/mol. The Morgan fingerprint density at radius 2 is 1.95 bits per heavy atom. The standard InChI is InChI=1S/C16H23NO3/c18-16(19)7-4-10-17-11-8-15(9-12-17)20-13-14-5-2-1-3-6-14/h1-3,5-6,15H,4,7-13H2,(H,18,19). The van der Waals surface area contributed by atoms with E-state index in [-0.39, 0.29) is 6.42 Å². The number of hydrogen-bond acceptors (Lipinski definition) is 3. The van der Waals surface area contributed by atoms with Crippen molar-refractivity contribution in [3.8, 4) is 0 Å². The second-order valence-corrected chi connectivity index (χ2v) is 5.33. The van der Waals surface area contributed by atoms with E-state index < -0.39 is 5.97 Å². The quantitative estimate of drug-likeness (QED) is 0.832. The molecule has 0 amide bonds. The van der Waals surface area contributed by atoms with Gasteiger partial charge in [0.05, 0.1) is 12.7 Å². The highest BCUT2D eigenvalue weighted by Gasteiger charge is 2.19. The minimum absolute atomic E-state index is 0.268. The number of likely N-dealkylation sites (tertiary alicyclic amines) is 1. The Bertz CT molecular complexity index is 399. The number of aliphatic carboxylic acids is 1. The van der Waals surface area contributed by atoms with E-state index in [9.17, 15) is 4.79 Å². The smallest absolute Gasteiger partial charge is 0.303 e. The van der Waals surface area contributed by atoms with Crippen molar-refractivity contribution in [1.29, 1.82) is 0 Å². The van der Waals surface area contributed by atoms with Crippen LogP contribution in [0.3, 0.4) is 0 Å². The first kappa shape index (κ1) is 15.0. The summed E-state index contributed by atoms with van der Waals surface area (Å²) in [6.45, 7) is 3.60. The summed E-state index contributed by atoms with van der Waals surface area (Å²) in [5.74, 6) is -0.703. The zero-order chi connectivity index (χ0) is 14.2. The van der Waals surface area contributed by atoms with Crippen LogP contribution in [0, 0.1) is 0 Å². The minimum atomic E-state index is -0.703. The Labute approximate surface area is 120 Å². The van der Waals surface area contributed by atoms with E-state index >= 15 is 0 Å². The summed E-state index contributed by atoms with van der Waals surface area (Å²) in [7, 11) is 0. The highest BCUT2D eigenvalue weighted by atomic mass is 16.5. The predicted octanol–water partition coefficient (Wildman–Crippen LogP) is 2.53. The van der Waals surface area contributed by atoms with Gasteiger partial charge in [-0.2, -0.15) is 0 Å². The lowest BCUT2D eigenvalue weighted by Gasteiger charge is -2.31. The van der Waals surface area contributed by atoms with Gasteiger partial charge in [0.1, 0.15) is 0 Å². The molecule has 0 atom stereocenters. The number of ether oxygens (including phenoxy) is 1. The maximum Gasteiger partial charge on any atom is 0.303 e. The summed E-state index contributed by atoms with van der Waals surface area (Å²) >= 11 is 0. The van der Waals surface area contributed by atoms with Crippen LogP contribution < -0.4 is 0 Å². The molecular formula is C16H23NO3. The van der Waals surface area contributed by atoms with Crippen molar-refractivity contribution >= 4 is 5.97 Å². The van der Waals surface area contributed by atoms with E-state index in [1.54, 1.807) is 0 Å². The maximum absolute atomic E-state index is 10.5. The van der Waals surface area contributed by atoms with Crippen molar-refractivity contribution < 1.29 is 14.6 Å². The Kier molecular flexibility index (Phi) is 6.02. The average molecular weight is 277 g/mol. The number of carboxylic acids is 1. The van der Waals surface area contributed by atoms with Gasteiger partial charge in [0.15, 0.2) is 0 Å². The van der Waals surface area contributed by atoms with Gasteiger partial charge in [0.25, 0.3) is 0 Å². The average Bonchev–Trinajstić information content (AvgIpc) is 2.47. The van der Waals surface area contributed by atoms with Crippen LogP contribution in [0.1, 0.15) is 31.2 Å². The number of benzene rings is 1. The van der Waals surface area contributed by atoms with Crippen LogP contribution in [0.2, 0.25) is 0 Å². The first-order chi connectivity index (χ1) is 9.74. The molecule has 0 bridgehead atoms. The molecule has 1 heterocycles. The molecule has 2 rings (SSSR count). The molecule has 1 aliphatic rings. The molecule has 0 saturated carbocycles. The lowest BCUT2D eigenvalue weighted by atomic mass is 10.1. The molecule has 4 heteroatoms. The summed E-state index contributed by atoms with van der Waals surface area (Å²) in [5, 5.41) is 8.62. The summed E-state index contributed by atoms with van der Waals surface area (Å²) < 4.78 is 5.94. The molecular weight excluding hydrogens is 254 g/mol. The van der Waals surface area contributed by atoms with Crippen LogP contribution in [0.15, 0.2) is 30.3 Å². The van der Waals surface area contributed by atoms with E-state index in [0.717, 1.165) is 38.9 Å². The third-order valence-electron chi connectivity index (χ3n) is 3.73. The van der Waals surface area contributed by atoms with Gasteiger partial charge in [-0.25, -0.2) is 0 Å². The summed E-state index contributed by atoms with van der Waals surface area (Å²) in [6, 6.07) is 10.2. The SMILES string of the molecule is O=C(O)CCCN1CCC(OCc2ccccc2)CC1. The van der Waals surface area contributed by atoms with Crippen LogP contribution in [0.5, 0.6) is 0 Å². The van der Waals surface area contributed by atoms with Crippen molar-refractivity contribution in [2.75, 3.05) is 19.6 Å². The summed E-state index contributed by atoms with van der Waals surface area (Å²) in [5.41, 5.74) is 1.22. The molecule has 4 nitrogen and oxygen atoms in total. The molecule has 1 saturated heterocycles. The largest absolute Gasteiger partial charge is 0.481 e. The summed E-state index contributed by atoms with van der Waals surface area (Å²) in [6.07, 6.45) is 3.43. The number of carbonyl (C=O) groups is 1. The van der Waals surface area contributed by atoms with Gasteiger partial charge >= 0.3 is 5.97 Å². The second kappa shape index (κ2) is 8.02. The minimum Gasteiger partial charge on any atom is -0.481 e. The fourth-order valence-electron chi connectivity index (χ4n) is 2.54. The van der Waals surface area contributed by atoms with Gasteiger partial charge in [-0.3, -0.25) is 4.79 Å². The molecule has 1 N–H and O–H groups in total. The molecule has 0 radical (unpaired) electrons. The fourth-order valence-corrected chi connectivity index (χ4v) is 2.54. The van der Waals surface area contributed by atoms with Crippen molar-refractivity contribution in [3.05, 3.63) is 35.9 Å². The van der Waals surface area contributed by atoms with Gasteiger partial charge in [0, 0.05) is 19.5 Å². The van der Waals surface area contributed by atoms with Crippen molar-refractivity contribution in [2.24, 2.45) is 0 Å². The lowest BCUT2D eigenvalue weighted by Crippen LogP contribution is -2.37. The Morgan fingerprint density at radius 1 is 1.25 bits per heavy atom. The third kappa shape index (κ3) is 5.31. The number of carboxylic acid groups (broad SMARTS) is 1. The van der Waals surface area contributed by atoms with Gasteiger partial charge < -0.3 is 14.7 Å². The Hall–Kier alpha value is -1.39. The predicted molar refractivity (Wildman–Crippen MR) is 77.6 cm³/mol. The van der Waals surface area contributed by atoms with E-state index in [0.29, 0.717) is 12.7 Å². The van der Waals surface area contributed by atoms with E-state index in [2.05, 4.69) is 17.0 Å². The first-order valence-corrected chi connectivity index (χ1v) is 7.34. The number of hydrogen-bond donors (Lipinski definition) is 1. The Balaban J connectivity index is 1.61. The van der Waals surface area contributed by atoms with Gasteiger partial charge in [-0.05, 0) is 31.4 Å². The highest BCUT2D eigenvalue weighted by molar-refractivity contribution is 5.66. The highest BCUT2D eigenvalue weighted by Crippen LogP contribution is 2.16. The van der Waals surface area contributed by atoms with Crippen LogP contribution >= 0.6 is 0 Å². The molecule has 0 aliphatic carbocycles. The van der Waals surface area contributed by atoms with Crippen LogP contribution in [0.25, 0.3) is 0 Å². The number of piperidine rings is 1. The van der Waals surface area contributed by atoms with E-state index in [4.69, 9.17) is 9.84 Å². The molecule has 1 aromatic rings. The van der Waals surface area contributed by atoms with Gasteiger partial charge in [-0.1, -0.05) is 30.3 Å². The molecule has 110 valence electrons. The number of nitrogens with zero attached hydrogens (tertiary/aromatic N) is 1. The fraction of sp³-hybridized carbons (Fsp3) is 0.562. The van der Waals surface area contributed by atoms with E-state index in [1.807, 2.05) is 18.2 Å². The van der Waals surface area contributed by atoms with Crippen LogP contribution in [-0.4, -0.2) is 41.7 Å². The number of rotatable bonds is 7. The zero-order valence-corrected chi connectivity index (χ0v) is 11.8.